The van der Waals surface area contributed by atoms with E-state index in [-0.39, 0.29) is 17.0 Å². The number of nitro benzene ring substituents is 1. The number of rotatable bonds is 3. The Labute approximate surface area is 104 Å². The second-order valence-electron chi connectivity index (χ2n) is 4.80. The number of quaternary nitrogens is 1. The summed E-state index contributed by atoms with van der Waals surface area (Å²) in [5.41, 5.74) is 1.22. The summed E-state index contributed by atoms with van der Waals surface area (Å²) in [5, 5.41) is 10.6. The van der Waals surface area contributed by atoms with E-state index in [9.17, 15) is 10.1 Å². The maximum Gasteiger partial charge on any atom is 0.309 e. The molecule has 6 heteroatoms. The first kappa shape index (κ1) is 11.6. The number of ether oxygens (including phenoxy) is 2. The third-order valence-corrected chi connectivity index (χ3v) is 3.69. The molecule has 2 saturated heterocycles. The van der Waals surface area contributed by atoms with Crippen LogP contribution in [-0.4, -0.2) is 42.1 Å². The molecule has 2 heterocycles. The Bertz CT molecular complexity index is 450. The summed E-state index contributed by atoms with van der Waals surface area (Å²) in [7, 11) is 0. The highest BCUT2D eigenvalue weighted by atomic mass is 16.7. The Kier molecular flexibility index (Phi) is 2.77. The first-order valence-corrected chi connectivity index (χ1v) is 6.02. The minimum absolute atomic E-state index is 0.130. The van der Waals surface area contributed by atoms with Gasteiger partial charge in [0.1, 0.15) is 32.8 Å². The van der Waals surface area contributed by atoms with Crippen LogP contribution in [0.25, 0.3) is 0 Å². The van der Waals surface area contributed by atoms with Gasteiger partial charge in [-0.2, -0.15) is 0 Å². The van der Waals surface area contributed by atoms with E-state index < -0.39 is 0 Å². The van der Waals surface area contributed by atoms with Crippen LogP contribution in [0.3, 0.4) is 0 Å². The molecule has 0 saturated carbocycles. The lowest BCUT2D eigenvalue weighted by Gasteiger charge is -2.30. The molecule has 6 nitrogen and oxygen atoms in total. The first-order chi connectivity index (χ1) is 8.70. The van der Waals surface area contributed by atoms with Gasteiger partial charge < -0.3 is 0 Å². The summed E-state index contributed by atoms with van der Waals surface area (Å²) in [4.78, 5) is 10.2. The highest BCUT2D eigenvalue weighted by molar-refractivity contribution is 5.32. The molecular weight excluding hydrogens is 236 g/mol. The zero-order valence-electron chi connectivity index (χ0n) is 9.95. The van der Waals surface area contributed by atoms with Crippen LogP contribution in [0.2, 0.25) is 0 Å². The fourth-order valence-corrected chi connectivity index (χ4v) is 2.68. The van der Waals surface area contributed by atoms with Gasteiger partial charge in [0.05, 0.1) is 4.92 Å². The van der Waals surface area contributed by atoms with Gasteiger partial charge in [-0.3, -0.25) is 24.1 Å². The van der Waals surface area contributed by atoms with Gasteiger partial charge in [-0.15, -0.1) is 0 Å². The Hall–Kier alpha value is -1.50. The topological polar surface area (TPSA) is 61.6 Å². The number of nitro groups is 1. The maximum atomic E-state index is 10.6. The van der Waals surface area contributed by atoms with Crippen molar-refractivity contribution in [2.45, 2.75) is 13.0 Å². The summed E-state index contributed by atoms with van der Waals surface area (Å²) < 4.78 is 11.9. The van der Waals surface area contributed by atoms with Gasteiger partial charge in [-0.25, -0.2) is 0 Å². The van der Waals surface area contributed by atoms with Crippen molar-refractivity contribution in [3.63, 3.8) is 0 Å². The molecule has 18 heavy (non-hydrogen) atoms. The molecule has 0 radical (unpaired) electrons. The first-order valence-electron chi connectivity index (χ1n) is 6.02. The number of non-ortho nitro benzene ring substituents is 1. The lowest BCUT2D eigenvalue weighted by atomic mass is 10.1. The second-order valence-corrected chi connectivity index (χ2v) is 4.80. The van der Waals surface area contributed by atoms with E-state index in [1.165, 1.54) is 0 Å². The molecule has 3 rings (SSSR count). The molecular formula is C12H15N2O4+. The fraction of sp³-hybridized carbons (Fsp3) is 0.500. The van der Waals surface area contributed by atoms with E-state index in [1.807, 2.05) is 12.1 Å². The van der Waals surface area contributed by atoms with Crippen molar-refractivity contribution in [2.24, 2.45) is 0 Å². The molecule has 0 spiro atoms. The zero-order chi connectivity index (χ0) is 12.6. The molecule has 0 amide bonds. The average Bonchev–Trinajstić information content (AvgIpc) is 2.88. The fourth-order valence-electron chi connectivity index (χ4n) is 2.68. The summed E-state index contributed by atoms with van der Waals surface area (Å²) in [6.45, 7) is 4.14. The molecule has 96 valence electrons. The smallest absolute Gasteiger partial charge is 0.300 e. The average molecular weight is 251 g/mol. The van der Waals surface area contributed by atoms with Crippen molar-refractivity contribution in [3.05, 3.63) is 39.9 Å². The number of nitrogens with zero attached hydrogens (tertiary/aromatic N) is 2. The van der Waals surface area contributed by atoms with Gasteiger partial charge in [0.25, 0.3) is 5.69 Å². The summed E-state index contributed by atoms with van der Waals surface area (Å²) >= 11 is 0. The van der Waals surface area contributed by atoms with Gasteiger partial charge in [0.15, 0.2) is 0 Å². The van der Waals surface area contributed by atoms with Crippen molar-refractivity contribution in [3.8, 4) is 0 Å². The summed E-state index contributed by atoms with van der Waals surface area (Å²) in [6.07, 6.45) is -0.153. The molecule has 2 fully saturated rings. The third-order valence-electron chi connectivity index (χ3n) is 3.69. The summed E-state index contributed by atoms with van der Waals surface area (Å²) in [5.74, 6) is 0. The van der Waals surface area contributed by atoms with Crippen LogP contribution in [-0.2, 0) is 16.0 Å². The lowest BCUT2D eigenvalue weighted by molar-refractivity contribution is -0.962. The van der Waals surface area contributed by atoms with Crippen LogP contribution >= 0.6 is 0 Å². The molecule has 2 aliphatic heterocycles. The molecule has 0 N–H and O–H groups in total. The Morgan fingerprint density at radius 3 is 2.39 bits per heavy atom. The molecule has 0 atom stereocenters. The molecule has 1 aromatic rings. The van der Waals surface area contributed by atoms with Crippen LogP contribution in [0.15, 0.2) is 24.3 Å². The van der Waals surface area contributed by atoms with E-state index in [2.05, 4.69) is 0 Å². The van der Waals surface area contributed by atoms with E-state index >= 15 is 0 Å². The predicted molar refractivity (Wildman–Crippen MR) is 62.5 cm³/mol. The van der Waals surface area contributed by atoms with Crippen LogP contribution in [0, 0.1) is 10.1 Å². The van der Waals surface area contributed by atoms with Crippen LogP contribution in [0.5, 0.6) is 0 Å². The minimum Gasteiger partial charge on any atom is -0.300 e. The Morgan fingerprint density at radius 1 is 1.22 bits per heavy atom. The molecule has 0 aromatic heterocycles. The van der Waals surface area contributed by atoms with Crippen LogP contribution in [0.1, 0.15) is 5.56 Å². The Morgan fingerprint density at radius 2 is 1.83 bits per heavy atom. The van der Waals surface area contributed by atoms with E-state index in [1.54, 1.807) is 12.1 Å². The molecule has 0 bridgehead atoms. The van der Waals surface area contributed by atoms with Crippen LogP contribution < -0.4 is 0 Å². The molecule has 2 aliphatic rings. The lowest BCUT2D eigenvalue weighted by Crippen LogP contribution is -2.47. The van der Waals surface area contributed by atoms with E-state index in [0.29, 0.717) is 0 Å². The quantitative estimate of drug-likeness (QED) is 0.461. The van der Waals surface area contributed by atoms with Gasteiger partial charge >= 0.3 is 6.41 Å². The second kappa shape index (κ2) is 4.31. The Balaban J connectivity index is 1.78. The van der Waals surface area contributed by atoms with Gasteiger partial charge in [0.2, 0.25) is 0 Å². The van der Waals surface area contributed by atoms with Gasteiger partial charge in [-0.1, -0.05) is 0 Å². The molecule has 0 aliphatic carbocycles. The number of fused-ring (bicyclic) bond motifs is 1. The summed E-state index contributed by atoms with van der Waals surface area (Å²) in [6, 6.07) is 6.74. The van der Waals surface area contributed by atoms with Crippen molar-refractivity contribution in [1.82, 2.24) is 0 Å². The van der Waals surface area contributed by atoms with E-state index in [0.717, 1.165) is 42.9 Å². The number of hydrogen-bond donors (Lipinski definition) is 0. The highest BCUT2D eigenvalue weighted by Crippen LogP contribution is 2.30. The van der Waals surface area contributed by atoms with Crippen molar-refractivity contribution in [2.75, 3.05) is 26.3 Å². The van der Waals surface area contributed by atoms with Crippen molar-refractivity contribution in [1.29, 1.82) is 0 Å². The normalized spacial score (nSPS) is 30.3. The van der Waals surface area contributed by atoms with Gasteiger partial charge in [-0.05, 0) is 12.1 Å². The third kappa shape index (κ3) is 1.88. The van der Waals surface area contributed by atoms with E-state index in [4.69, 9.17) is 9.47 Å². The predicted octanol–water partition coefficient (Wildman–Crippen LogP) is 1.26. The van der Waals surface area contributed by atoms with Crippen LogP contribution in [0.4, 0.5) is 5.69 Å². The monoisotopic (exact) mass is 251 g/mol. The number of hydrogen-bond acceptors (Lipinski definition) is 4. The minimum atomic E-state index is -0.378. The van der Waals surface area contributed by atoms with Crippen molar-refractivity contribution < 1.29 is 18.9 Å². The number of benzene rings is 1. The largest absolute Gasteiger partial charge is 0.309 e. The standard InChI is InChI=1S/C12H15N2O4/c15-13(16)11-3-1-10(2-4-11)9-14-5-7-17-12(14)18-8-6-14/h1-4,12H,5-9H2/q+1. The van der Waals surface area contributed by atoms with Gasteiger partial charge in [0, 0.05) is 17.7 Å². The highest BCUT2D eigenvalue weighted by Gasteiger charge is 2.48. The maximum absolute atomic E-state index is 10.6. The zero-order valence-corrected chi connectivity index (χ0v) is 9.95. The molecule has 0 unspecified atom stereocenters. The molecule has 1 aromatic carbocycles. The van der Waals surface area contributed by atoms with Crippen molar-refractivity contribution >= 4 is 5.69 Å². The SMILES string of the molecule is O=[N+]([O-])c1ccc(C[N+]23CCOC2OCC3)cc1.